The van der Waals surface area contributed by atoms with Crippen LogP contribution in [0.3, 0.4) is 0 Å². The van der Waals surface area contributed by atoms with Crippen molar-refractivity contribution in [3.8, 4) is 0 Å². The van der Waals surface area contributed by atoms with Crippen LogP contribution in [0.5, 0.6) is 0 Å². The number of hydrogen-bond donors (Lipinski definition) is 3. The van der Waals surface area contributed by atoms with Gasteiger partial charge < -0.3 is 15.5 Å². The van der Waals surface area contributed by atoms with E-state index in [1.807, 2.05) is 18.2 Å². The zero-order chi connectivity index (χ0) is 18.1. The Hall–Kier alpha value is -2.25. The van der Waals surface area contributed by atoms with Crippen molar-refractivity contribution in [3.63, 3.8) is 0 Å². The van der Waals surface area contributed by atoms with Gasteiger partial charge in [-0.25, -0.2) is 0 Å². The first-order valence-electron chi connectivity index (χ1n) is 9.32. The summed E-state index contributed by atoms with van der Waals surface area (Å²) < 4.78 is 0. The van der Waals surface area contributed by atoms with Crippen LogP contribution in [0.4, 0.5) is 0 Å². The summed E-state index contributed by atoms with van der Waals surface area (Å²) >= 11 is 0. The van der Waals surface area contributed by atoms with E-state index in [0.717, 1.165) is 30.8 Å². The molecule has 0 aromatic heterocycles. The summed E-state index contributed by atoms with van der Waals surface area (Å²) in [5.41, 5.74) is 2.69. The van der Waals surface area contributed by atoms with E-state index in [0.29, 0.717) is 24.6 Å². The van der Waals surface area contributed by atoms with Gasteiger partial charge in [-0.2, -0.15) is 0 Å². The van der Waals surface area contributed by atoms with Crippen molar-refractivity contribution >= 4 is 17.7 Å². The molecule has 3 N–H and O–H groups in total. The predicted octanol–water partition coefficient (Wildman–Crippen LogP) is 0.289. The van der Waals surface area contributed by atoms with Crippen LogP contribution < -0.4 is 16.0 Å². The summed E-state index contributed by atoms with van der Waals surface area (Å²) in [6, 6.07) is 5.93. The first kappa shape index (κ1) is 17.2. The summed E-state index contributed by atoms with van der Waals surface area (Å²) in [4.78, 5) is 37.8. The second-order valence-electron chi connectivity index (χ2n) is 7.32. The lowest BCUT2D eigenvalue weighted by molar-refractivity contribution is -0.136. The van der Waals surface area contributed by atoms with Gasteiger partial charge in [0.05, 0.1) is 0 Å². The molecule has 7 heteroatoms. The Kier molecular flexibility index (Phi) is 4.74. The van der Waals surface area contributed by atoms with Crippen molar-refractivity contribution in [3.05, 3.63) is 34.9 Å². The number of benzene rings is 1. The second kappa shape index (κ2) is 7.17. The molecule has 2 atom stereocenters. The SMILES string of the molecule is O=C1CCC(N2Cc3ccc(CNCC4CCCN4)cc3C2=O)C(=O)N1. The fraction of sp³-hybridized carbons (Fsp3) is 0.526. The molecule has 0 spiro atoms. The lowest BCUT2D eigenvalue weighted by Crippen LogP contribution is -2.52. The Morgan fingerprint density at radius 2 is 2.08 bits per heavy atom. The molecule has 4 rings (SSSR count). The molecule has 3 heterocycles. The lowest BCUT2D eigenvalue weighted by Gasteiger charge is -2.29. The van der Waals surface area contributed by atoms with Crippen LogP contribution in [-0.4, -0.2) is 47.8 Å². The maximum Gasteiger partial charge on any atom is 0.255 e. The number of nitrogens with zero attached hydrogens (tertiary/aromatic N) is 1. The number of nitrogens with one attached hydrogen (secondary N) is 3. The monoisotopic (exact) mass is 356 g/mol. The minimum atomic E-state index is -0.553. The molecule has 2 fully saturated rings. The molecule has 1 aromatic carbocycles. The third-order valence-electron chi connectivity index (χ3n) is 5.47. The molecule has 0 radical (unpaired) electrons. The first-order valence-corrected chi connectivity index (χ1v) is 9.32. The standard InChI is InChI=1S/C19H24N4O3/c24-17-6-5-16(18(25)22-17)23-11-13-4-3-12(8-15(13)19(23)26)9-20-10-14-2-1-7-21-14/h3-4,8,14,16,20-21H,1-2,5-7,9-11H2,(H,22,24,25). The molecule has 2 saturated heterocycles. The van der Waals surface area contributed by atoms with Crippen molar-refractivity contribution in [1.82, 2.24) is 20.9 Å². The molecule has 1 aromatic rings. The van der Waals surface area contributed by atoms with Crippen LogP contribution in [0.2, 0.25) is 0 Å². The molecule has 7 nitrogen and oxygen atoms in total. The topological polar surface area (TPSA) is 90.5 Å². The summed E-state index contributed by atoms with van der Waals surface area (Å²) in [7, 11) is 0. The van der Waals surface area contributed by atoms with E-state index in [1.165, 1.54) is 12.8 Å². The van der Waals surface area contributed by atoms with Crippen LogP contribution in [0.1, 0.15) is 47.2 Å². The normalized spacial score (nSPS) is 25.5. The summed E-state index contributed by atoms with van der Waals surface area (Å²) in [6.45, 7) is 3.17. The van der Waals surface area contributed by atoms with Crippen molar-refractivity contribution in [2.24, 2.45) is 0 Å². The van der Waals surface area contributed by atoms with Gasteiger partial charge in [-0.15, -0.1) is 0 Å². The molecule has 26 heavy (non-hydrogen) atoms. The largest absolute Gasteiger partial charge is 0.322 e. The van der Waals surface area contributed by atoms with Crippen molar-refractivity contribution in [1.29, 1.82) is 0 Å². The lowest BCUT2D eigenvalue weighted by atomic mass is 10.0. The molecule has 3 aliphatic heterocycles. The molecule has 2 unspecified atom stereocenters. The Morgan fingerprint density at radius 3 is 2.85 bits per heavy atom. The molecular formula is C19H24N4O3. The van der Waals surface area contributed by atoms with E-state index < -0.39 is 6.04 Å². The number of piperidine rings is 1. The second-order valence-corrected chi connectivity index (χ2v) is 7.32. The van der Waals surface area contributed by atoms with Crippen molar-refractivity contribution < 1.29 is 14.4 Å². The average molecular weight is 356 g/mol. The van der Waals surface area contributed by atoms with E-state index in [4.69, 9.17) is 0 Å². The van der Waals surface area contributed by atoms with Crippen LogP contribution in [0.25, 0.3) is 0 Å². The molecular weight excluding hydrogens is 332 g/mol. The van der Waals surface area contributed by atoms with Gasteiger partial charge >= 0.3 is 0 Å². The highest BCUT2D eigenvalue weighted by Gasteiger charge is 2.39. The highest BCUT2D eigenvalue weighted by molar-refractivity contribution is 6.05. The highest BCUT2D eigenvalue weighted by Crippen LogP contribution is 2.28. The third-order valence-corrected chi connectivity index (χ3v) is 5.47. The maximum atomic E-state index is 12.8. The first-order chi connectivity index (χ1) is 12.6. The third kappa shape index (κ3) is 3.37. The molecule has 0 aliphatic carbocycles. The summed E-state index contributed by atoms with van der Waals surface area (Å²) in [5, 5.41) is 9.23. The van der Waals surface area contributed by atoms with Gasteiger partial charge in [0, 0.05) is 37.7 Å². The minimum Gasteiger partial charge on any atom is -0.322 e. The van der Waals surface area contributed by atoms with Gasteiger partial charge in [0.2, 0.25) is 11.8 Å². The van der Waals surface area contributed by atoms with E-state index in [9.17, 15) is 14.4 Å². The summed E-state index contributed by atoms with van der Waals surface area (Å²) in [5.74, 6) is -0.748. The van der Waals surface area contributed by atoms with Gasteiger partial charge in [0.25, 0.3) is 5.91 Å². The average Bonchev–Trinajstić information content (AvgIpc) is 3.24. The van der Waals surface area contributed by atoms with Gasteiger partial charge in [-0.3, -0.25) is 19.7 Å². The van der Waals surface area contributed by atoms with Gasteiger partial charge in [-0.1, -0.05) is 12.1 Å². The summed E-state index contributed by atoms with van der Waals surface area (Å²) in [6.07, 6.45) is 3.11. The van der Waals surface area contributed by atoms with Gasteiger partial charge in [-0.05, 0) is 43.0 Å². The van der Waals surface area contributed by atoms with E-state index in [-0.39, 0.29) is 24.1 Å². The van der Waals surface area contributed by atoms with Crippen LogP contribution >= 0.6 is 0 Å². The Balaban J connectivity index is 1.40. The Labute approximate surface area is 152 Å². The quantitative estimate of drug-likeness (QED) is 0.660. The molecule has 0 saturated carbocycles. The minimum absolute atomic E-state index is 0.117. The Morgan fingerprint density at radius 1 is 1.19 bits per heavy atom. The fourth-order valence-electron chi connectivity index (χ4n) is 4.03. The maximum absolute atomic E-state index is 12.8. The van der Waals surface area contributed by atoms with E-state index >= 15 is 0 Å². The van der Waals surface area contributed by atoms with E-state index in [1.54, 1.807) is 4.90 Å². The van der Waals surface area contributed by atoms with Crippen molar-refractivity contribution in [2.45, 2.75) is 50.9 Å². The molecule has 0 bridgehead atoms. The van der Waals surface area contributed by atoms with Crippen LogP contribution in [0, 0.1) is 0 Å². The number of rotatable bonds is 5. The van der Waals surface area contributed by atoms with Crippen LogP contribution in [0.15, 0.2) is 18.2 Å². The molecule has 3 amide bonds. The number of amides is 3. The smallest absolute Gasteiger partial charge is 0.255 e. The molecule has 138 valence electrons. The van der Waals surface area contributed by atoms with Gasteiger partial charge in [0.15, 0.2) is 0 Å². The number of carbonyl (C=O) groups excluding carboxylic acids is 3. The zero-order valence-corrected chi connectivity index (χ0v) is 14.7. The number of carbonyl (C=O) groups is 3. The van der Waals surface area contributed by atoms with Crippen LogP contribution in [-0.2, 0) is 22.7 Å². The highest BCUT2D eigenvalue weighted by atomic mass is 16.2. The molecule has 3 aliphatic rings. The fourth-order valence-corrected chi connectivity index (χ4v) is 4.03. The van der Waals surface area contributed by atoms with Crippen molar-refractivity contribution in [2.75, 3.05) is 13.1 Å². The number of hydrogen-bond acceptors (Lipinski definition) is 5. The van der Waals surface area contributed by atoms with E-state index in [2.05, 4.69) is 16.0 Å². The zero-order valence-electron chi connectivity index (χ0n) is 14.7. The number of imide groups is 1. The van der Waals surface area contributed by atoms with Gasteiger partial charge in [0.1, 0.15) is 6.04 Å². The predicted molar refractivity (Wildman–Crippen MR) is 95.2 cm³/mol. The number of fused-ring (bicyclic) bond motifs is 1. The Bertz CT molecular complexity index is 742.